The van der Waals surface area contributed by atoms with Crippen molar-refractivity contribution in [2.24, 2.45) is 0 Å². The van der Waals surface area contributed by atoms with Gasteiger partial charge in [-0.1, -0.05) is 17.7 Å². The number of methoxy groups -OCH3 is 1. The molecular weight excluding hydrogens is 276 g/mol. The normalized spacial score (nSPS) is 10.1. The number of nitrogens with one attached hydrogen (secondary N) is 1. The first kappa shape index (κ1) is 14.2. The van der Waals surface area contributed by atoms with Crippen LogP contribution in [-0.2, 0) is 16.0 Å². The molecule has 5 nitrogen and oxygen atoms in total. The number of hydrogen-bond donors (Lipinski definition) is 1. The number of benzene rings is 1. The second-order valence-electron chi connectivity index (χ2n) is 4.22. The molecule has 1 heterocycles. The molecule has 0 atom stereocenters. The molecule has 0 aliphatic heterocycles. The number of esters is 1. The van der Waals surface area contributed by atoms with Crippen LogP contribution in [0, 0.1) is 6.92 Å². The Balaban J connectivity index is 2.03. The number of carbonyl (C=O) groups is 2. The van der Waals surface area contributed by atoms with E-state index in [1.165, 1.54) is 18.4 Å². The molecule has 0 saturated carbocycles. The number of thiazole rings is 1. The van der Waals surface area contributed by atoms with Crippen molar-refractivity contribution in [3.63, 3.8) is 0 Å². The lowest BCUT2D eigenvalue weighted by Crippen LogP contribution is -2.12. The first-order valence-corrected chi connectivity index (χ1v) is 6.85. The van der Waals surface area contributed by atoms with Gasteiger partial charge < -0.3 is 4.74 Å². The maximum absolute atomic E-state index is 12.0. The van der Waals surface area contributed by atoms with Crippen LogP contribution in [0.4, 0.5) is 5.13 Å². The molecule has 0 aliphatic rings. The van der Waals surface area contributed by atoms with Crippen molar-refractivity contribution in [3.8, 4) is 0 Å². The lowest BCUT2D eigenvalue weighted by Gasteiger charge is -2.02. The minimum Gasteiger partial charge on any atom is -0.469 e. The summed E-state index contributed by atoms with van der Waals surface area (Å²) in [6, 6.07) is 7.30. The number of hydrogen-bond acceptors (Lipinski definition) is 5. The van der Waals surface area contributed by atoms with Gasteiger partial charge in [-0.15, -0.1) is 11.3 Å². The Hall–Kier alpha value is -2.21. The summed E-state index contributed by atoms with van der Waals surface area (Å²) in [6.07, 6.45) is 0.104. The van der Waals surface area contributed by atoms with Crippen molar-refractivity contribution in [1.82, 2.24) is 4.98 Å². The van der Waals surface area contributed by atoms with E-state index in [0.717, 1.165) is 5.56 Å². The topological polar surface area (TPSA) is 68.3 Å². The molecule has 104 valence electrons. The monoisotopic (exact) mass is 290 g/mol. The number of rotatable bonds is 4. The fourth-order valence-electron chi connectivity index (χ4n) is 1.62. The summed E-state index contributed by atoms with van der Waals surface area (Å²) < 4.78 is 4.57. The number of aryl methyl sites for hydroxylation is 1. The number of amides is 1. The molecule has 2 rings (SSSR count). The van der Waals surface area contributed by atoms with Gasteiger partial charge in [0.2, 0.25) is 0 Å². The predicted octanol–water partition coefficient (Wildman–Crippen LogP) is 2.42. The average molecular weight is 290 g/mol. The highest BCUT2D eigenvalue weighted by atomic mass is 32.1. The Morgan fingerprint density at radius 1 is 1.40 bits per heavy atom. The Morgan fingerprint density at radius 3 is 2.90 bits per heavy atom. The fourth-order valence-corrected chi connectivity index (χ4v) is 2.33. The molecule has 2 aromatic rings. The van der Waals surface area contributed by atoms with E-state index in [1.54, 1.807) is 17.5 Å². The van der Waals surface area contributed by atoms with Crippen molar-refractivity contribution in [1.29, 1.82) is 0 Å². The molecule has 1 aromatic heterocycles. The van der Waals surface area contributed by atoms with Crippen LogP contribution in [0.1, 0.15) is 21.6 Å². The molecule has 6 heteroatoms. The predicted molar refractivity (Wildman–Crippen MR) is 77.0 cm³/mol. The molecule has 0 radical (unpaired) electrons. The van der Waals surface area contributed by atoms with E-state index in [-0.39, 0.29) is 18.3 Å². The van der Waals surface area contributed by atoms with Crippen molar-refractivity contribution < 1.29 is 14.3 Å². The standard InChI is InChI=1S/C14H14N2O3S/c1-9-4-3-5-10(6-9)13(18)16-14-15-11(8-20-14)7-12(17)19-2/h3-6,8H,7H2,1-2H3,(H,15,16,18). The van der Waals surface area contributed by atoms with Gasteiger partial charge in [0.1, 0.15) is 0 Å². The van der Waals surface area contributed by atoms with Crippen LogP contribution in [0.25, 0.3) is 0 Å². The fraction of sp³-hybridized carbons (Fsp3) is 0.214. The van der Waals surface area contributed by atoms with E-state index in [9.17, 15) is 9.59 Å². The van der Waals surface area contributed by atoms with Crippen LogP contribution >= 0.6 is 11.3 Å². The third kappa shape index (κ3) is 3.64. The van der Waals surface area contributed by atoms with Gasteiger partial charge in [-0.3, -0.25) is 14.9 Å². The summed E-state index contributed by atoms with van der Waals surface area (Å²) in [5.41, 5.74) is 2.18. The third-order valence-corrected chi connectivity index (χ3v) is 3.41. The minimum absolute atomic E-state index is 0.104. The van der Waals surface area contributed by atoms with Crippen molar-refractivity contribution in [2.45, 2.75) is 13.3 Å². The molecule has 0 aliphatic carbocycles. The largest absolute Gasteiger partial charge is 0.469 e. The second kappa shape index (κ2) is 6.29. The zero-order valence-corrected chi connectivity index (χ0v) is 12.0. The molecule has 1 aromatic carbocycles. The zero-order chi connectivity index (χ0) is 14.5. The van der Waals surface area contributed by atoms with Gasteiger partial charge in [-0.2, -0.15) is 0 Å². The lowest BCUT2D eigenvalue weighted by atomic mass is 10.1. The van der Waals surface area contributed by atoms with Crippen molar-refractivity contribution >= 4 is 28.3 Å². The van der Waals surface area contributed by atoms with E-state index < -0.39 is 0 Å². The van der Waals surface area contributed by atoms with Crippen LogP contribution in [-0.4, -0.2) is 24.0 Å². The minimum atomic E-state index is -0.355. The molecule has 0 saturated heterocycles. The SMILES string of the molecule is COC(=O)Cc1csc(NC(=O)c2cccc(C)c2)n1. The van der Waals surface area contributed by atoms with E-state index >= 15 is 0 Å². The first-order chi connectivity index (χ1) is 9.58. The molecular formula is C14H14N2O3S. The van der Waals surface area contributed by atoms with Crippen LogP contribution in [0.2, 0.25) is 0 Å². The van der Waals surface area contributed by atoms with Crippen LogP contribution in [0.3, 0.4) is 0 Å². The quantitative estimate of drug-likeness (QED) is 0.878. The number of ether oxygens (including phenoxy) is 1. The van der Waals surface area contributed by atoms with Gasteiger partial charge in [0.25, 0.3) is 5.91 Å². The molecule has 1 N–H and O–H groups in total. The summed E-state index contributed by atoms with van der Waals surface area (Å²) in [5, 5.41) is 4.91. The summed E-state index contributed by atoms with van der Waals surface area (Å²) >= 11 is 1.28. The van der Waals surface area contributed by atoms with Crippen molar-refractivity contribution in [2.75, 3.05) is 12.4 Å². The zero-order valence-electron chi connectivity index (χ0n) is 11.2. The molecule has 20 heavy (non-hydrogen) atoms. The smallest absolute Gasteiger partial charge is 0.311 e. The van der Waals surface area contributed by atoms with Gasteiger partial charge in [-0.05, 0) is 19.1 Å². The average Bonchev–Trinajstić information content (AvgIpc) is 2.85. The maximum atomic E-state index is 12.0. The van der Waals surface area contributed by atoms with Crippen molar-refractivity contribution in [3.05, 3.63) is 46.5 Å². The summed E-state index contributed by atoms with van der Waals surface area (Å²) in [5.74, 6) is -0.570. The highest BCUT2D eigenvalue weighted by Gasteiger charge is 2.11. The van der Waals surface area contributed by atoms with Gasteiger partial charge in [-0.25, -0.2) is 4.98 Å². The van der Waals surface area contributed by atoms with E-state index in [2.05, 4.69) is 15.0 Å². The molecule has 0 bridgehead atoms. The van der Waals surface area contributed by atoms with Crippen LogP contribution in [0.15, 0.2) is 29.6 Å². The van der Waals surface area contributed by atoms with Gasteiger partial charge in [0.05, 0.1) is 19.2 Å². The molecule has 0 spiro atoms. The van der Waals surface area contributed by atoms with Gasteiger partial charge in [0.15, 0.2) is 5.13 Å². The number of carbonyl (C=O) groups excluding carboxylic acids is 2. The highest BCUT2D eigenvalue weighted by molar-refractivity contribution is 7.14. The van der Waals surface area contributed by atoms with E-state index in [0.29, 0.717) is 16.4 Å². The third-order valence-electron chi connectivity index (χ3n) is 2.61. The summed E-state index contributed by atoms with van der Waals surface area (Å²) in [6.45, 7) is 1.93. The van der Waals surface area contributed by atoms with E-state index in [1.807, 2.05) is 19.1 Å². The first-order valence-electron chi connectivity index (χ1n) is 5.97. The molecule has 1 amide bonds. The van der Waals surface area contributed by atoms with Crippen LogP contribution < -0.4 is 5.32 Å². The highest BCUT2D eigenvalue weighted by Crippen LogP contribution is 2.17. The Kier molecular flexibility index (Phi) is 4.47. The summed E-state index contributed by atoms with van der Waals surface area (Å²) in [7, 11) is 1.33. The van der Waals surface area contributed by atoms with Gasteiger partial charge in [0, 0.05) is 10.9 Å². The molecule has 0 unspecified atom stereocenters. The second-order valence-corrected chi connectivity index (χ2v) is 5.08. The number of aromatic nitrogens is 1. The maximum Gasteiger partial charge on any atom is 0.311 e. The Morgan fingerprint density at radius 2 is 2.20 bits per heavy atom. The Bertz CT molecular complexity index is 637. The van der Waals surface area contributed by atoms with Gasteiger partial charge >= 0.3 is 5.97 Å². The Labute approximate surface area is 120 Å². The number of anilines is 1. The molecule has 0 fully saturated rings. The summed E-state index contributed by atoms with van der Waals surface area (Å²) in [4.78, 5) is 27.3. The lowest BCUT2D eigenvalue weighted by molar-refractivity contribution is -0.139. The number of nitrogens with zero attached hydrogens (tertiary/aromatic N) is 1. The van der Waals surface area contributed by atoms with Crippen LogP contribution in [0.5, 0.6) is 0 Å². The van der Waals surface area contributed by atoms with E-state index in [4.69, 9.17) is 0 Å².